The zero-order valence-corrected chi connectivity index (χ0v) is 10.5. The molecule has 1 heterocycles. The van der Waals surface area contributed by atoms with E-state index in [9.17, 15) is 4.79 Å². The third-order valence-electron chi connectivity index (χ3n) is 2.21. The van der Waals surface area contributed by atoms with Crippen LogP contribution in [-0.4, -0.2) is 38.7 Å². The molecule has 0 amide bonds. The molecule has 0 atom stereocenters. The molecule has 0 radical (unpaired) electrons. The van der Waals surface area contributed by atoms with E-state index in [4.69, 9.17) is 9.84 Å². The van der Waals surface area contributed by atoms with Gasteiger partial charge in [-0.15, -0.1) is 10.2 Å². The lowest BCUT2D eigenvalue weighted by atomic mass is 10.1. The molecule has 1 rings (SSSR count). The van der Waals surface area contributed by atoms with E-state index in [2.05, 4.69) is 10.2 Å². The van der Waals surface area contributed by atoms with Gasteiger partial charge in [0.05, 0.1) is 5.75 Å². The maximum Gasteiger partial charge on any atom is 0.313 e. The van der Waals surface area contributed by atoms with Crippen LogP contribution in [0, 0.1) is 0 Å². The van der Waals surface area contributed by atoms with Gasteiger partial charge in [-0.2, -0.15) is 0 Å². The maximum atomic E-state index is 10.4. The normalized spacial score (nSPS) is 11.8. The SMILES string of the molecule is COC(C)(C)c1nnc(SCC(=O)O)n1C. The molecule has 6 nitrogen and oxygen atoms in total. The number of carboxylic acid groups (broad SMARTS) is 1. The molecule has 0 fully saturated rings. The van der Waals surface area contributed by atoms with E-state index in [0.29, 0.717) is 11.0 Å². The van der Waals surface area contributed by atoms with E-state index >= 15 is 0 Å². The van der Waals surface area contributed by atoms with E-state index in [0.717, 1.165) is 11.8 Å². The molecule has 1 aromatic rings. The van der Waals surface area contributed by atoms with Gasteiger partial charge in [0.2, 0.25) is 0 Å². The minimum Gasteiger partial charge on any atom is -0.481 e. The van der Waals surface area contributed by atoms with Crippen LogP contribution < -0.4 is 0 Å². The fourth-order valence-corrected chi connectivity index (χ4v) is 1.81. The molecule has 0 aliphatic rings. The second-order valence-electron chi connectivity index (χ2n) is 3.76. The van der Waals surface area contributed by atoms with Gasteiger partial charge in [0.25, 0.3) is 0 Å². The number of aliphatic carboxylic acids is 1. The number of rotatable bonds is 5. The molecule has 1 N–H and O–H groups in total. The quantitative estimate of drug-likeness (QED) is 0.776. The van der Waals surface area contributed by atoms with Crippen LogP contribution in [0.1, 0.15) is 19.7 Å². The first-order valence-corrected chi connectivity index (χ1v) is 5.66. The second kappa shape index (κ2) is 4.84. The van der Waals surface area contributed by atoms with Crippen molar-refractivity contribution in [2.75, 3.05) is 12.9 Å². The van der Waals surface area contributed by atoms with Crippen LogP contribution in [0.2, 0.25) is 0 Å². The van der Waals surface area contributed by atoms with Gasteiger partial charge in [0.1, 0.15) is 5.60 Å². The standard InChI is InChI=1S/C9H15N3O3S/c1-9(2,15-4)7-10-11-8(12(7)3)16-5-6(13)14/h5H2,1-4H3,(H,13,14). The van der Waals surface area contributed by atoms with Crippen molar-refractivity contribution >= 4 is 17.7 Å². The summed E-state index contributed by atoms with van der Waals surface area (Å²) in [4.78, 5) is 10.4. The van der Waals surface area contributed by atoms with Gasteiger partial charge in [-0.3, -0.25) is 4.79 Å². The van der Waals surface area contributed by atoms with Crippen LogP contribution >= 0.6 is 11.8 Å². The van der Waals surface area contributed by atoms with Crippen LogP contribution in [0.4, 0.5) is 0 Å². The number of thioether (sulfide) groups is 1. The fourth-order valence-electron chi connectivity index (χ4n) is 1.18. The molecule has 16 heavy (non-hydrogen) atoms. The Kier molecular flexibility index (Phi) is 3.93. The van der Waals surface area contributed by atoms with E-state index in [1.807, 2.05) is 13.8 Å². The molecule has 7 heteroatoms. The first-order valence-electron chi connectivity index (χ1n) is 4.68. The molecule has 0 saturated carbocycles. The Bertz CT molecular complexity index is 389. The minimum absolute atomic E-state index is 0.0284. The predicted octanol–water partition coefficient (Wildman–Crippen LogP) is 0.873. The van der Waals surface area contributed by atoms with E-state index in [1.165, 1.54) is 0 Å². The highest BCUT2D eigenvalue weighted by atomic mass is 32.2. The van der Waals surface area contributed by atoms with Gasteiger partial charge < -0.3 is 14.4 Å². The van der Waals surface area contributed by atoms with Crippen LogP contribution in [-0.2, 0) is 22.2 Å². The molecule has 0 saturated heterocycles. The third kappa shape index (κ3) is 2.73. The number of hydrogen-bond acceptors (Lipinski definition) is 5. The molecule has 0 spiro atoms. The molecule has 0 bridgehead atoms. The summed E-state index contributed by atoms with van der Waals surface area (Å²) in [6.07, 6.45) is 0. The number of carbonyl (C=O) groups is 1. The Balaban J connectivity index is 2.88. The van der Waals surface area contributed by atoms with Gasteiger partial charge in [-0.05, 0) is 13.8 Å². The van der Waals surface area contributed by atoms with Crippen molar-refractivity contribution in [3.05, 3.63) is 5.82 Å². The first-order chi connectivity index (χ1) is 7.38. The fraction of sp³-hybridized carbons (Fsp3) is 0.667. The molecule has 0 aliphatic carbocycles. The van der Waals surface area contributed by atoms with Crippen LogP contribution in [0.3, 0.4) is 0 Å². The minimum atomic E-state index is -0.874. The number of hydrogen-bond donors (Lipinski definition) is 1. The average Bonchev–Trinajstić information content (AvgIpc) is 2.57. The summed E-state index contributed by atoms with van der Waals surface area (Å²) in [7, 11) is 3.39. The molecule has 1 aromatic heterocycles. The van der Waals surface area contributed by atoms with Crippen molar-refractivity contribution in [2.45, 2.75) is 24.6 Å². The third-order valence-corrected chi connectivity index (χ3v) is 3.21. The van der Waals surface area contributed by atoms with Gasteiger partial charge in [0, 0.05) is 14.2 Å². The van der Waals surface area contributed by atoms with Crippen LogP contribution in [0.5, 0.6) is 0 Å². The molecule has 0 aromatic carbocycles. The highest BCUT2D eigenvalue weighted by Gasteiger charge is 2.27. The van der Waals surface area contributed by atoms with Gasteiger partial charge in [-0.25, -0.2) is 0 Å². The zero-order valence-electron chi connectivity index (χ0n) is 9.72. The van der Waals surface area contributed by atoms with E-state index in [-0.39, 0.29) is 5.75 Å². The zero-order chi connectivity index (χ0) is 12.3. The van der Waals surface area contributed by atoms with Crippen molar-refractivity contribution in [1.82, 2.24) is 14.8 Å². The lowest BCUT2D eigenvalue weighted by molar-refractivity contribution is -0.133. The Hall–Kier alpha value is -1.08. The first kappa shape index (κ1) is 13.0. The summed E-state index contributed by atoms with van der Waals surface area (Å²) < 4.78 is 7.04. The van der Waals surface area contributed by atoms with Crippen molar-refractivity contribution in [1.29, 1.82) is 0 Å². The largest absolute Gasteiger partial charge is 0.481 e. The summed E-state index contributed by atoms with van der Waals surface area (Å²) in [5.74, 6) is -0.234. The lowest BCUT2D eigenvalue weighted by Crippen LogP contribution is -2.24. The van der Waals surface area contributed by atoms with E-state index in [1.54, 1.807) is 18.7 Å². The van der Waals surface area contributed by atoms with E-state index < -0.39 is 11.6 Å². The Morgan fingerprint density at radius 3 is 2.69 bits per heavy atom. The van der Waals surface area contributed by atoms with Gasteiger partial charge >= 0.3 is 5.97 Å². The number of methoxy groups -OCH3 is 1. The monoisotopic (exact) mass is 245 g/mol. The molecular weight excluding hydrogens is 230 g/mol. The number of carboxylic acids is 1. The summed E-state index contributed by atoms with van der Waals surface area (Å²) in [5.41, 5.74) is -0.538. The Labute approximate surface area is 98.0 Å². The summed E-state index contributed by atoms with van der Waals surface area (Å²) in [6.45, 7) is 3.76. The molecular formula is C9H15N3O3S. The number of aromatic nitrogens is 3. The number of nitrogens with zero attached hydrogens (tertiary/aromatic N) is 3. The van der Waals surface area contributed by atoms with Crippen molar-refractivity contribution in [3.8, 4) is 0 Å². The van der Waals surface area contributed by atoms with Crippen molar-refractivity contribution in [2.24, 2.45) is 7.05 Å². The molecule has 0 aliphatic heterocycles. The average molecular weight is 245 g/mol. The maximum absolute atomic E-state index is 10.4. The summed E-state index contributed by atoms with van der Waals surface area (Å²) in [6, 6.07) is 0. The Morgan fingerprint density at radius 1 is 1.56 bits per heavy atom. The Morgan fingerprint density at radius 2 is 2.19 bits per heavy atom. The van der Waals surface area contributed by atoms with Crippen molar-refractivity contribution in [3.63, 3.8) is 0 Å². The summed E-state index contributed by atoms with van der Waals surface area (Å²) >= 11 is 1.14. The molecule has 0 unspecified atom stereocenters. The van der Waals surface area contributed by atoms with Crippen LogP contribution in [0.25, 0.3) is 0 Å². The predicted molar refractivity (Wildman–Crippen MR) is 59.4 cm³/mol. The topological polar surface area (TPSA) is 77.2 Å². The highest BCUT2D eigenvalue weighted by Crippen LogP contribution is 2.24. The second-order valence-corrected chi connectivity index (χ2v) is 4.70. The smallest absolute Gasteiger partial charge is 0.313 e. The lowest BCUT2D eigenvalue weighted by Gasteiger charge is -2.21. The molecule has 90 valence electrons. The van der Waals surface area contributed by atoms with Gasteiger partial charge in [-0.1, -0.05) is 11.8 Å². The van der Waals surface area contributed by atoms with Crippen LogP contribution in [0.15, 0.2) is 5.16 Å². The van der Waals surface area contributed by atoms with Gasteiger partial charge in [0.15, 0.2) is 11.0 Å². The number of ether oxygens (including phenoxy) is 1. The summed E-state index contributed by atoms with van der Waals surface area (Å²) in [5, 5.41) is 17.1. The highest BCUT2D eigenvalue weighted by molar-refractivity contribution is 7.99. The van der Waals surface area contributed by atoms with Crippen molar-refractivity contribution < 1.29 is 14.6 Å².